The summed E-state index contributed by atoms with van der Waals surface area (Å²) in [7, 11) is 0. The quantitative estimate of drug-likeness (QED) is 0.553. The first-order valence-corrected chi connectivity index (χ1v) is 11.1. The van der Waals surface area contributed by atoms with Crippen molar-refractivity contribution in [3.63, 3.8) is 0 Å². The molecule has 0 atom stereocenters. The first kappa shape index (κ1) is 20.5. The van der Waals surface area contributed by atoms with Crippen LogP contribution in [0.25, 0.3) is 10.4 Å². The monoisotopic (exact) mass is 422 g/mol. The van der Waals surface area contributed by atoms with Gasteiger partial charge in [-0.1, -0.05) is 6.07 Å². The minimum atomic E-state index is -0.648. The molecule has 2 N–H and O–H groups in total. The van der Waals surface area contributed by atoms with Crippen LogP contribution < -0.4 is 5.32 Å². The van der Waals surface area contributed by atoms with Crippen LogP contribution in [0.15, 0.2) is 36.7 Å². The minimum Gasteiger partial charge on any atom is -0.481 e. The molecule has 2 heterocycles. The third-order valence-corrected chi connectivity index (χ3v) is 6.69. The van der Waals surface area contributed by atoms with Gasteiger partial charge in [0.1, 0.15) is 0 Å². The van der Waals surface area contributed by atoms with Gasteiger partial charge in [-0.3, -0.25) is 4.79 Å². The van der Waals surface area contributed by atoms with Crippen LogP contribution in [0.2, 0.25) is 0 Å². The maximum absolute atomic E-state index is 11.1. The average Bonchev–Trinajstić information content (AvgIpc) is 3.16. The van der Waals surface area contributed by atoms with Crippen molar-refractivity contribution in [1.82, 2.24) is 15.0 Å². The molecule has 1 aromatic carbocycles. The lowest BCUT2D eigenvalue weighted by molar-refractivity contribution is -0.143. The van der Waals surface area contributed by atoms with E-state index in [0.29, 0.717) is 11.9 Å². The summed E-state index contributed by atoms with van der Waals surface area (Å²) in [6.45, 7) is 4.02. The number of nitrogens with zero attached hydrogens (tertiary/aromatic N) is 3. The molecule has 0 spiro atoms. The predicted octanol–water partition coefficient (Wildman–Crippen LogP) is 5.39. The van der Waals surface area contributed by atoms with Crippen LogP contribution in [0.3, 0.4) is 0 Å². The number of aryl methyl sites for hydroxylation is 2. The molecule has 0 unspecified atom stereocenters. The summed E-state index contributed by atoms with van der Waals surface area (Å²) in [6, 6.07) is 8.23. The second-order valence-corrected chi connectivity index (χ2v) is 9.23. The number of hydrogen-bond donors (Lipinski definition) is 2. The number of nitrogens with one attached hydrogen (secondary N) is 1. The second-order valence-electron chi connectivity index (χ2n) is 8.11. The van der Waals surface area contributed by atoms with Gasteiger partial charge in [0.2, 0.25) is 5.95 Å². The van der Waals surface area contributed by atoms with E-state index in [2.05, 4.69) is 45.4 Å². The van der Waals surface area contributed by atoms with E-state index in [-0.39, 0.29) is 5.92 Å². The lowest BCUT2D eigenvalue weighted by Gasteiger charge is -2.25. The summed E-state index contributed by atoms with van der Waals surface area (Å²) in [5, 5.41) is 13.6. The molecule has 156 valence electrons. The molecule has 7 heteroatoms. The molecule has 30 heavy (non-hydrogen) atoms. The highest BCUT2D eigenvalue weighted by molar-refractivity contribution is 7.15. The zero-order valence-electron chi connectivity index (χ0n) is 17.3. The van der Waals surface area contributed by atoms with E-state index in [1.165, 1.54) is 0 Å². The van der Waals surface area contributed by atoms with Crippen LogP contribution in [0, 0.1) is 25.7 Å². The fourth-order valence-electron chi connectivity index (χ4n) is 4.03. The van der Waals surface area contributed by atoms with Crippen LogP contribution in [0.1, 0.15) is 41.9 Å². The molecule has 1 saturated carbocycles. The standard InChI is InChI=1S/C23H26N4O2S/c1-14-9-18(12-19(10-14)27-23-24-8-7-15(2)26-23)20-13-25-21(30-20)11-16-3-5-17(6-4-16)22(28)29/h7-10,12-13,16-17H,3-6,11H2,1-2H3,(H,28,29)(H,24,26,27)/t16-,17+. The summed E-state index contributed by atoms with van der Waals surface area (Å²) in [6.07, 6.45) is 8.15. The van der Waals surface area contributed by atoms with E-state index in [1.54, 1.807) is 17.5 Å². The fraction of sp³-hybridized carbons (Fsp3) is 0.391. The number of carboxylic acids is 1. The number of thiazole rings is 1. The number of rotatable bonds is 6. The maximum atomic E-state index is 11.1. The maximum Gasteiger partial charge on any atom is 0.306 e. The van der Waals surface area contributed by atoms with Gasteiger partial charge in [0, 0.05) is 30.2 Å². The number of aromatic nitrogens is 3. The lowest BCUT2D eigenvalue weighted by atomic mass is 9.81. The predicted molar refractivity (Wildman–Crippen MR) is 119 cm³/mol. The van der Waals surface area contributed by atoms with Crippen molar-refractivity contribution >= 4 is 28.9 Å². The van der Waals surface area contributed by atoms with E-state index in [4.69, 9.17) is 0 Å². The summed E-state index contributed by atoms with van der Waals surface area (Å²) in [4.78, 5) is 25.6. The minimum absolute atomic E-state index is 0.163. The highest BCUT2D eigenvalue weighted by atomic mass is 32.1. The van der Waals surface area contributed by atoms with Crippen LogP contribution >= 0.6 is 11.3 Å². The number of anilines is 2. The molecule has 1 fully saturated rings. The Kier molecular flexibility index (Phi) is 6.08. The average molecular weight is 423 g/mol. The fourth-order valence-corrected chi connectivity index (χ4v) is 5.05. The van der Waals surface area contributed by atoms with E-state index in [1.807, 2.05) is 19.2 Å². The molecule has 0 bridgehead atoms. The van der Waals surface area contributed by atoms with Crippen molar-refractivity contribution in [3.8, 4) is 10.4 Å². The van der Waals surface area contributed by atoms with Crippen LogP contribution in [-0.4, -0.2) is 26.0 Å². The van der Waals surface area contributed by atoms with Crippen LogP contribution in [-0.2, 0) is 11.2 Å². The summed E-state index contributed by atoms with van der Waals surface area (Å²) < 4.78 is 0. The molecule has 2 aromatic heterocycles. The molecular formula is C23H26N4O2S. The Morgan fingerprint density at radius 1 is 1.17 bits per heavy atom. The number of benzene rings is 1. The Morgan fingerprint density at radius 3 is 2.70 bits per heavy atom. The van der Waals surface area contributed by atoms with E-state index in [0.717, 1.165) is 64.5 Å². The topological polar surface area (TPSA) is 88.0 Å². The van der Waals surface area contributed by atoms with Crippen molar-refractivity contribution < 1.29 is 9.90 Å². The third-order valence-electron chi connectivity index (χ3n) is 5.63. The summed E-state index contributed by atoms with van der Waals surface area (Å²) in [5.74, 6) is 0.315. The highest BCUT2D eigenvalue weighted by Gasteiger charge is 2.26. The van der Waals surface area contributed by atoms with Crippen LogP contribution in [0.4, 0.5) is 11.6 Å². The van der Waals surface area contributed by atoms with Crippen molar-refractivity contribution in [2.24, 2.45) is 11.8 Å². The molecule has 0 amide bonds. The molecule has 0 radical (unpaired) electrons. The van der Waals surface area contributed by atoms with E-state index in [9.17, 15) is 9.90 Å². The Labute approximate surface area is 180 Å². The van der Waals surface area contributed by atoms with Gasteiger partial charge in [-0.2, -0.15) is 0 Å². The normalized spacial score (nSPS) is 18.9. The van der Waals surface area contributed by atoms with Gasteiger partial charge in [0.15, 0.2) is 0 Å². The number of hydrogen-bond acceptors (Lipinski definition) is 6. The summed E-state index contributed by atoms with van der Waals surface area (Å²) >= 11 is 1.73. The third kappa shape index (κ3) is 5.02. The molecule has 0 saturated heterocycles. The molecule has 1 aliphatic carbocycles. The van der Waals surface area contributed by atoms with E-state index < -0.39 is 5.97 Å². The first-order chi connectivity index (χ1) is 14.5. The van der Waals surface area contributed by atoms with Gasteiger partial charge in [-0.15, -0.1) is 11.3 Å². The van der Waals surface area contributed by atoms with Gasteiger partial charge in [0.25, 0.3) is 0 Å². The zero-order chi connectivity index (χ0) is 21.1. The largest absolute Gasteiger partial charge is 0.481 e. The Morgan fingerprint density at radius 2 is 1.97 bits per heavy atom. The van der Waals surface area contributed by atoms with Gasteiger partial charge in [0.05, 0.1) is 15.8 Å². The number of carbonyl (C=O) groups is 1. The second kappa shape index (κ2) is 8.92. The molecule has 1 aliphatic rings. The molecule has 3 aromatic rings. The first-order valence-electron chi connectivity index (χ1n) is 10.3. The lowest BCUT2D eigenvalue weighted by Crippen LogP contribution is -2.22. The molecule has 4 rings (SSSR count). The van der Waals surface area contributed by atoms with Crippen molar-refractivity contribution in [3.05, 3.63) is 52.9 Å². The van der Waals surface area contributed by atoms with Crippen molar-refractivity contribution in [1.29, 1.82) is 0 Å². The smallest absolute Gasteiger partial charge is 0.306 e. The highest BCUT2D eigenvalue weighted by Crippen LogP contribution is 2.35. The van der Waals surface area contributed by atoms with E-state index >= 15 is 0 Å². The Bertz CT molecular complexity index is 1040. The molecule has 0 aliphatic heterocycles. The van der Waals surface area contributed by atoms with Gasteiger partial charge < -0.3 is 10.4 Å². The van der Waals surface area contributed by atoms with Gasteiger partial charge in [-0.05, 0) is 74.8 Å². The molecular weight excluding hydrogens is 396 g/mol. The van der Waals surface area contributed by atoms with Crippen LogP contribution in [0.5, 0.6) is 0 Å². The van der Waals surface area contributed by atoms with Gasteiger partial charge >= 0.3 is 5.97 Å². The SMILES string of the molecule is Cc1cc(Nc2nccc(C)n2)cc(-c2cnc(C[C@H]3CC[C@@H](C(=O)O)CC3)s2)c1. The van der Waals surface area contributed by atoms with Crippen molar-refractivity contribution in [2.75, 3.05) is 5.32 Å². The molecule has 6 nitrogen and oxygen atoms in total. The number of aliphatic carboxylic acids is 1. The Balaban J connectivity index is 1.45. The number of carboxylic acid groups (broad SMARTS) is 1. The summed E-state index contributed by atoms with van der Waals surface area (Å²) in [5.41, 5.74) is 4.16. The zero-order valence-corrected chi connectivity index (χ0v) is 18.1. The van der Waals surface area contributed by atoms with Crippen molar-refractivity contribution in [2.45, 2.75) is 46.0 Å². The van der Waals surface area contributed by atoms with Gasteiger partial charge in [-0.25, -0.2) is 15.0 Å². The Hall–Kier alpha value is -2.80.